The van der Waals surface area contributed by atoms with Gasteiger partial charge in [0.1, 0.15) is 6.54 Å². The molecule has 1 heterocycles. The van der Waals surface area contributed by atoms with Crippen molar-refractivity contribution in [3.8, 4) is 0 Å². The Hall–Kier alpha value is -2.45. The van der Waals surface area contributed by atoms with Gasteiger partial charge < -0.3 is 19.8 Å². The molecule has 9 heteroatoms. The number of amides is 1. The third kappa shape index (κ3) is 2.81. The number of hydrogen-bond acceptors (Lipinski definition) is 6. The second-order valence-corrected chi connectivity index (χ2v) is 3.58. The Labute approximate surface area is 102 Å². The fourth-order valence-electron chi connectivity index (χ4n) is 1.15. The van der Waals surface area contributed by atoms with E-state index in [-0.39, 0.29) is 18.1 Å². The second-order valence-electron chi connectivity index (χ2n) is 3.58. The molecule has 0 radical (unpaired) electrons. The molecule has 0 aliphatic heterocycles. The van der Waals surface area contributed by atoms with E-state index in [1.165, 1.54) is 19.0 Å². The number of nitro groups is 1. The Morgan fingerprint density at radius 1 is 1.56 bits per heavy atom. The smallest absolute Gasteiger partial charge is 0.390 e. The van der Waals surface area contributed by atoms with Gasteiger partial charge in [0.2, 0.25) is 5.91 Å². The first kappa shape index (κ1) is 13.6. The Morgan fingerprint density at radius 2 is 2.17 bits per heavy atom. The van der Waals surface area contributed by atoms with Gasteiger partial charge in [-0.1, -0.05) is 0 Å². The van der Waals surface area contributed by atoms with Gasteiger partial charge in [0.25, 0.3) is 0 Å². The third-order valence-corrected chi connectivity index (χ3v) is 2.13. The van der Waals surface area contributed by atoms with E-state index >= 15 is 0 Å². The van der Waals surface area contributed by atoms with Gasteiger partial charge in [-0.25, -0.2) is 4.79 Å². The van der Waals surface area contributed by atoms with E-state index in [4.69, 9.17) is 0 Å². The summed E-state index contributed by atoms with van der Waals surface area (Å²) in [6.45, 7) is -0.273. The number of aromatic nitrogens is 2. The topological polar surface area (TPSA) is 108 Å². The maximum absolute atomic E-state index is 11.5. The van der Waals surface area contributed by atoms with Gasteiger partial charge in [0.15, 0.2) is 5.69 Å². The lowest BCUT2D eigenvalue weighted by Crippen LogP contribution is -2.28. The molecule has 0 spiro atoms. The second kappa shape index (κ2) is 5.25. The summed E-state index contributed by atoms with van der Waals surface area (Å²) in [5.41, 5.74) is -0.139. The van der Waals surface area contributed by atoms with Crippen LogP contribution in [0.5, 0.6) is 0 Å². The lowest BCUT2D eigenvalue weighted by atomic mass is 10.4. The fourth-order valence-corrected chi connectivity index (χ4v) is 1.15. The average molecular weight is 256 g/mol. The number of hydrogen-bond donors (Lipinski definition) is 0. The number of likely N-dealkylation sites (N-methyl/N-ethyl adjacent to an activating group) is 1. The number of carbonyl (C=O) groups excluding carboxylic acids is 2. The molecule has 9 nitrogen and oxygen atoms in total. The first-order valence-electron chi connectivity index (χ1n) is 4.87. The number of nitrogens with zero attached hydrogens (tertiary/aromatic N) is 4. The summed E-state index contributed by atoms with van der Waals surface area (Å²) in [6.07, 6.45) is 0. The molecular formula is C9H12N4O5. The highest BCUT2D eigenvalue weighted by Crippen LogP contribution is 2.13. The van der Waals surface area contributed by atoms with Crippen LogP contribution in [0.25, 0.3) is 0 Å². The summed E-state index contributed by atoms with van der Waals surface area (Å²) in [5, 5.41) is 14.1. The summed E-state index contributed by atoms with van der Waals surface area (Å²) in [5.74, 6) is -1.65. The van der Waals surface area contributed by atoms with Crippen molar-refractivity contribution in [2.24, 2.45) is 0 Å². The van der Waals surface area contributed by atoms with Crippen LogP contribution in [0, 0.1) is 10.1 Å². The highest BCUT2D eigenvalue weighted by molar-refractivity contribution is 5.88. The summed E-state index contributed by atoms with van der Waals surface area (Å²) < 4.78 is 5.42. The zero-order valence-corrected chi connectivity index (χ0v) is 10.1. The van der Waals surface area contributed by atoms with E-state index in [9.17, 15) is 19.7 Å². The van der Waals surface area contributed by atoms with Crippen molar-refractivity contribution in [1.29, 1.82) is 0 Å². The van der Waals surface area contributed by atoms with Crippen LogP contribution in [0.2, 0.25) is 0 Å². The maximum Gasteiger partial charge on any atom is 0.390 e. The van der Waals surface area contributed by atoms with E-state index in [0.29, 0.717) is 0 Å². The summed E-state index contributed by atoms with van der Waals surface area (Å²) >= 11 is 0. The molecule has 0 N–H and O–H groups in total. The molecule has 0 aromatic carbocycles. The van der Waals surface area contributed by atoms with Crippen molar-refractivity contribution in [2.45, 2.75) is 6.54 Å². The molecule has 1 aromatic heterocycles. The SMILES string of the molecule is COC(=O)c1cc([N+](=O)[O-])nn1CC(=O)N(C)C. The van der Waals surface area contributed by atoms with Crippen LogP contribution in [0.3, 0.4) is 0 Å². The lowest BCUT2D eigenvalue weighted by Gasteiger charge is -2.09. The van der Waals surface area contributed by atoms with Gasteiger partial charge in [0, 0.05) is 14.1 Å². The normalized spacial score (nSPS) is 9.94. The van der Waals surface area contributed by atoms with Crippen molar-refractivity contribution < 1.29 is 19.2 Å². The molecule has 0 saturated carbocycles. The molecule has 98 valence electrons. The molecule has 0 fully saturated rings. The minimum atomic E-state index is -0.790. The van der Waals surface area contributed by atoms with Gasteiger partial charge in [0.05, 0.1) is 18.3 Å². The first-order chi connectivity index (χ1) is 8.36. The molecule has 1 rings (SSSR count). The van der Waals surface area contributed by atoms with Crippen molar-refractivity contribution >= 4 is 17.7 Å². The van der Waals surface area contributed by atoms with Crippen LogP contribution in [-0.4, -0.2) is 52.7 Å². The molecule has 0 unspecified atom stereocenters. The van der Waals surface area contributed by atoms with Crippen molar-refractivity contribution in [2.75, 3.05) is 21.2 Å². The van der Waals surface area contributed by atoms with Crippen LogP contribution in [0.15, 0.2) is 6.07 Å². The summed E-state index contributed by atoms with van der Waals surface area (Å²) in [7, 11) is 4.19. The molecule has 18 heavy (non-hydrogen) atoms. The molecule has 0 atom stereocenters. The van der Waals surface area contributed by atoms with Crippen molar-refractivity contribution in [3.63, 3.8) is 0 Å². The molecule has 0 bridgehead atoms. The maximum atomic E-state index is 11.5. The first-order valence-corrected chi connectivity index (χ1v) is 4.87. The predicted octanol–water partition coefficient (Wildman–Crippen LogP) is -0.334. The minimum Gasteiger partial charge on any atom is -0.464 e. The van der Waals surface area contributed by atoms with Crippen LogP contribution in [0.1, 0.15) is 10.5 Å². The molecule has 1 aromatic rings. The lowest BCUT2D eigenvalue weighted by molar-refractivity contribution is -0.389. The van der Waals surface area contributed by atoms with Gasteiger partial charge in [-0.15, -0.1) is 0 Å². The van der Waals surface area contributed by atoms with Crippen molar-refractivity contribution in [3.05, 3.63) is 21.9 Å². The van der Waals surface area contributed by atoms with Crippen LogP contribution in [0.4, 0.5) is 5.82 Å². The van der Waals surface area contributed by atoms with Crippen molar-refractivity contribution in [1.82, 2.24) is 14.7 Å². The molecule has 0 aliphatic rings. The Kier molecular flexibility index (Phi) is 3.97. The van der Waals surface area contributed by atoms with Gasteiger partial charge >= 0.3 is 11.8 Å². The minimum absolute atomic E-state index is 0.139. The van der Waals surface area contributed by atoms with Crippen LogP contribution in [-0.2, 0) is 16.1 Å². The van der Waals surface area contributed by atoms with Crippen LogP contribution < -0.4 is 0 Å². The standard InChI is InChI=1S/C9H12N4O5/c1-11(2)8(14)5-12-6(9(15)18-3)4-7(10-12)13(16)17/h4H,5H2,1-3H3. The molecular weight excluding hydrogens is 244 g/mol. The third-order valence-electron chi connectivity index (χ3n) is 2.13. The molecule has 1 amide bonds. The Bertz CT molecular complexity index is 493. The average Bonchev–Trinajstić information content (AvgIpc) is 2.72. The summed E-state index contributed by atoms with van der Waals surface area (Å²) in [6, 6.07) is 0.967. The fraction of sp³-hybridized carbons (Fsp3) is 0.444. The van der Waals surface area contributed by atoms with Crippen LogP contribution >= 0.6 is 0 Å². The summed E-state index contributed by atoms with van der Waals surface area (Å²) in [4.78, 5) is 34.0. The largest absolute Gasteiger partial charge is 0.464 e. The number of ether oxygens (including phenoxy) is 1. The van der Waals surface area contributed by atoms with E-state index in [0.717, 1.165) is 17.9 Å². The number of rotatable bonds is 4. The highest BCUT2D eigenvalue weighted by atomic mass is 16.6. The predicted molar refractivity (Wildman–Crippen MR) is 58.9 cm³/mol. The highest BCUT2D eigenvalue weighted by Gasteiger charge is 2.25. The van der Waals surface area contributed by atoms with E-state index < -0.39 is 16.7 Å². The molecule has 0 saturated heterocycles. The Balaban J connectivity index is 3.11. The zero-order chi connectivity index (χ0) is 13.9. The van der Waals surface area contributed by atoms with Gasteiger partial charge in [-0.3, -0.25) is 4.79 Å². The Morgan fingerprint density at radius 3 is 2.61 bits per heavy atom. The molecule has 0 aliphatic carbocycles. The van der Waals surface area contributed by atoms with E-state index in [1.807, 2.05) is 0 Å². The van der Waals surface area contributed by atoms with E-state index in [1.54, 1.807) is 0 Å². The van der Waals surface area contributed by atoms with Gasteiger partial charge in [-0.2, -0.15) is 4.68 Å². The number of methoxy groups -OCH3 is 1. The monoisotopic (exact) mass is 256 g/mol. The number of carbonyl (C=O) groups is 2. The zero-order valence-electron chi connectivity index (χ0n) is 10.1. The number of esters is 1. The van der Waals surface area contributed by atoms with E-state index in [2.05, 4.69) is 9.84 Å². The van der Waals surface area contributed by atoms with Gasteiger partial charge in [-0.05, 0) is 4.92 Å². The quantitative estimate of drug-likeness (QED) is 0.414.